The fourth-order valence-corrected chi connectivity index (χ4v) is 4.76. The highest BCUT2D eigenvalue weighted by molar-refractivity contribution is 5.91. The molecule has 168 valence electrons. The molecule has 0 saturated carbocycles. The molecule has 5 rings (SSSR count). The summed E-state index contributed by atoms with van der Waals surface area (Å²) >= 11 is 0. The minimum Gasteiger partial charge on any atom is -0.496 e. The van der Waals surface area contributed by atoms with Gasteiger partial charge in [0.05, 0.1) is 30.9 Å². The highest BCUT2D eigenvalue weighted by Gasteiger charge is 2.35. The molecule has 4 aromatic rings. The monoisotopic (exact) mass is 440 g/mol. The third-order valence-corrected chi connectivity index (χ3v) is 6.49. The lowest BCUT2D eigenvalue weighted by molar-refractivity contribution is -0.137. The highest BCUT2D eigenvalue weighted by atomic mass is 16.5. The number of aromatic nitrogens is 2. The molecular formula is C27H28N4O2. The topological polar surface area (TPSA) is 61.5 Å². The number of ether oxygens (including phenoxy) is 1. The van der Waals surface area contributed by atoms with Crippen molar-refractivity contribution in [1.82, 2.24) is 19.8 Å². The van der Waals surface area contributed by atoms with E-state index in [1.807, 2.05) is 48.3 Å². The third-order valence-electron chi connectivity index (χ3n) is 6.49. The van der Waals surface area contributed by atoms with Gasteiger partial charge in [0.1, 0.15) is 5.75 Å². The van der Waals surface area contributed by atoms with Crippen molar-refractivity contribution in [1.29, 1.82) is 0 Å². The van der Waals surface area contributed by atoms with E-state index >= 15 is 0 Å². The Balaban J connectivity index is 1.45. The number of carbonyl (C=O) groups excluding carboxylic acids is 1. The average Bonchev–Trinajstić information content (AvgIpc) is 3.31. The summed E-state index contributed by atoms with van der Waals surface area (Å²) in [5, 5.41) is 2.23. The molecular weight excluding hydrogens is 412 g/mol. The third kappa shape index (κ3) is 4.22. The molecule has 33 heavy (non-hydrogen) atoms. The van der Waals surface area contributed by atoms with Crippen LogP contribution in [-0.2, 0) is 30.8 Å². The van der Waals surface area contributed by atoms with Gasteiger partial charge in [0.25, 0.3) is 0 Å². The number of benzene rings is 3. The van der Waals surface area contributed by atoms with Gasteiger partial charge < -0.3 is 14.6 Å². The van der Waals surface area contributed by atoms with Crippen LogP contribution in [0.3, 0.4) is 0 Å². The number of hydrogen-bond acceptors (Lipinski definition) is 4. The summed E-state index contributed by atoms with van der Waals surface area (Å²) in [6.45, 7) is 1.91. The standard InChI is InChI=1S/C27H28N4O2/c1-30(15-19-8-4-3-5-9-19)27(32)25-14-23-24(29-18-28-23)17-31(25)16-20-12-13-26(33-2)22-11-7-6-10-21(20)22/h3-13,18,25H,14-17H2,1-2H3,(H,28,29)/t25-/m0/s1. The number of fused-ring (bicyclic) bond motifs is 2. The van der Waals surface area contributed by atoms with Crippen LogP contribution in [0.5, 0.6) is 5.75 Å². The summed E-state index contributed by atoms with van der Waals surface area (Å²) in [6.07, 6.45) is 2.33. The first-order valence-corrected chi connectivity index (χ1v) is 11.2. The van der Waals surface area contributed by atoms with E-state index in [4.69, 9.17) is 4.74 Å². The lowest BCUT2D eigenvalue weighted by atomic mass is 9.98. The van der Waals surface area contributed by atoms with E-state index in [1.54, 1.807) is 13.4 Å². The van der Waals surface area contributed by atoms with Crippen LogP contribution < -0.4 is 4.74 Å². The number of hydrogen-bond donors (Lipinski definition) is 1. The number of aromatic amines is 1. The maximum atomic E-state index is 13.6. The van der Waals surface area contributed by atoms with Crippen LogP contribution in [0.25, 0.3) is 10.8 Å². The van der Waals surface area contributed by atoms with E-state index in [2.05, 4.69) is 45.2 Å². The van der Waals surface area contributed by atoms with Crippen molar-refractivity contribution in [2.24, 2.45) is 0 Å². The molecule has 6 nitrogen and oxygen atoms in total. The summed E-state index contributed by atoms with van der Waals surface area (Å²) in [4.78, 5) is 25.5. The number of imidazole rings is 1. The molecule has 0 bridgehead atoms. The van der Waals surface area contributed by atoms with E-state index < -0.39 is 0 Å². The summed E-state index contributed by atoms with van der Waals surface area (Å²) in [6, 6.07) is 22.2. The molecule has 0 radical (unpaired) electrons. The van der Waals surface area contributed by atoms with Crippen molar-refractivity contribution < 1.29 is 9.53 Å². The Morgan fingerprint density at radius 2 is 1.85 bits per heavy atom. The molecule has 0 aliphatic carbocycles. The zero-order chi connectivity index (χ0) is 22.8. The van der Waals surface area contributed by atoms with Crippen molar-refractivity contribution >= 4 is 16.7 Å². The van der Waals surface area contributed by atoms with Crippen molar-refractivity contribution in [3.05, 3.63) is 95.6 Å². The number of nitrogens with zero attached hydrogens (tertiary/aromatic N) is 3. The molecule has 0 saturated heterocycles. The smallest absolute Gasteiger partial charge is 0.240 e. The Bertz CT molecular complexity index is 1270. The van der Waals surface area contributed by atoms with Crippen LogP contribution in [0.4, 0.5) is 0 Å². The molecule has 0 unspecified atom stereocenters. The molecule has 6 heteroatoms. The number of nitrogens with one attached hydrogen (secondary N) is 1. The molecule has 0 spiro atoms. The average molecular weight is 441 g/mol. The van der Waals surface area contributed by atoms with Crippen molar-refractivity contribution in [2.45, 2.75) is 32.1 Å². The van der Waals surface area contributed by atoms with Gasteiger partial charge in [-0.1, -0.05) is 60.7 Å². The lowest BCUT2D eigenvalue weighted by Crippen LogP contribution is -2.50. The van der Waals surface area contributed by atoms with Gasteiger partial charge in [0.15, 0.2) is 0 Å². The molecule has 1 aromatic heterocycles. The van der Waals surface area contributed by atoms with E-state index in [1.165, 1.54) is 5.56 Å². The van der Waals surface area contributed by atoms with Gasteiger partial charge in [-0.25, -0.2) is 4.98 Å². The molecule has 1 N–H and O–H groups in total. The minimum absolute atomic E-state index is 0.116. The second-order valence-electron chi connectivity index (χ2n) is 8.61. The summed E-state index contributed by atoms with van der Waals surface area (Å²) in [5.41, 5.74) is 4.37. The maximum absolute atomic E-state index is 13.6. The predicted molar refractivity (Wildman–Crippen MR) is 129 cm³/mol. The summed E-state index contributed by atoms with van der Waals surface area (Å²) < 4.78 is 5.57. The normalized spacial score (nSPS) is 15.9. The Morgan fingerprint density at radius 1 is 1.09 bits per heavy atom. The van der Waals surface area contributed by atoms with Crippen LogP contribution in [0.2, 0.25) is 0 Å². The van der Waals surface area contributed by atoms with Gasteiger partial charge in [0.2, 0.25) is 5.91 Å². The van der Waals surface area contributed by atoms with Gasteiger partial charge in [-0.3, -0.25) is 9.69 Å². The van der Waals surface area contributed by atoms with Gasteiger partial charge in [-0.05, 0) is 22.6 Å². The van der Waals surface area contributed by atoms with Crippen LogP contribution in [0.1, 0.15) is 22.5 Å². The molecule has 0 fully saturated rings. The van der Waals surface area contributed by atoms with Crippen LogP contribution in [0.15, 0.2) is 73.1 Å². The highest BCUT2D eigenvalue weighted by Crippen LogP contribution is 2.31. The Labute approximate surface area is 193 Å². The lowest BCUT2D eigenvalue weighted by Gasteiger charge is -2.36. The summed E-state index contributed by atoms with van der Waals surface area (Å²) in [7, 11) is 3.58. The van der Waals surface area contributed by atoms with Gasteiger partial charge in [-0.2, -0.15) is 0 Å². The van der Waals surface area contributed by atoms with Crippen molar-refractivity contribution in [2.75, 3.05) is 14.2 Å². The van der Waals surface area contributed by atoms with Gasteiger partial charge in [0, 0.05) is 38.5 Å². The number of carbonyl (C=O) groups is 1. The second-order valence-corrected chi connectivity index (χ2v) is 8.61. The zero-order valence-electron chi connectivity index (χ0n) is 19.0. The summed E-state index contributed by atoms with van der Waals surface area (Å²) in [5.74, 6) is 0.976. The van der Waals surface area contributed by atoms with Crippen LogP contribution >= 0.6 is 0 Å². The first-order chi connectivity index (χ1) is 16.1. The largest absolute Gasteiger partial charge is 0.496 e. The van der Waals surface area contributed by atoms with Crippen LogP contribution in [-0.4, -0.2) is 45.9 Å². The fourth-order valence-electron chi connectivity index (χ4n) is 4.76. The quantitative estimate of drug-likeness (QED) is 0.489. The van der Waals surface area contributed by atoms with Crippen molar-refractivity contribution in [3.8, 4) is 5.75 Å². The van der Waals surface area contributed by atoms with Crippen LogP contribution in [0, 0.1) is 0 Å². The molecule has 1 aliphatic heterocycles. The van der Waals surface area contributed by atoms with E-state index in [9.17, 15) is 4.79 Å². The Hall–Kier alpha value is -3.64. The van der Waals surface area contributed by atoms with Crippen molar-refractivity contribution in [3.63, 3.8) is 0 Å². The SMILES string of the molecule is COc1ccc(CN2Cc3[nH]cnc3C[C@H]2C(=O)N(C)Cc2ccccc2)c2ccccc12. The zero-order valence-corrected chi connectivity index (χ0v) is 19.0. The predicted octanol–water partition coefficient (Wildman–Crippen LogP) is 4.16. The van der Waals surface area contributed by atoms with Gasteiger partial charge in [-0.15, -0.1) is 0 Å². The Morgan fingerprint density at radius 3 is 2.64 bits per heavy atom. The number of likely N-dealkylation sites (N-methyl/N-ethyl adjacent to an activating group) is 1. The number of amides is 1. The fraction of sp³-hybridized carbons (Fsp3) is 0.259. The van der Waals surface area contributed by atoms with Gasteiger partial charge >= 0.3 is 0 Å². The molecule has 1 aliphatic rings. The molecule has 3 aromatic carbocycles. The van der Waals surface area contributed by atoms with E-state index in [-0.39, 0.29) is 11.9 Å². The van der Waals surface area contributed by atoms with E-state index in [0.717, 1.165) is 33.5 Å². The second kappa shape index (κ2) is 9.08. The number of rotatable bonds is 6. The number of methoxy groups -OCH3 is 1. The van der Waals surface area contributed by atoms with E-state index in [0.29, 0.717) is 26.1 Å². The Kier molecular flexibility index (Phi) is 5.84. The first kappa shape index (κ1) is 21.2. The first-order valence-electron chi connectivity index (χ1n) is 11.2. The minimum atomic E-state index is -0.268. The molecule has 2 heterocycles. The molecule has 1 amide bonds. The maximum Gasteiger partial charge on any atom is 0.240 e. The number of H-pyrrole nitrogens is 1. The molecule has 1 atom stereocenters.